The minimum atomic E-state index is -1.92. The molecule has 1 aromatic carbocycles. The lowest BCUT2D eigenvalue weighted by atomic mass is 10.2. The molecule has 3 nitrogen and oxygen atoms in total. The predicted octanol–water partition coefficient (Wildman–Crippen LogP) is 5.60. The fraction of sp³-hybridized carbons (Fsp3) is 0.550. The average Bonchev–Trinajstić information content (AvgIpc) is 2.50. The number of rotatable bonds is 8. The SMILES string of the molecule is CCOC(=O)/C=C/[C@@H](CSc1ccc(C)cc1)O[Si](C)(C)C(C)(C)C. The third-order valence-electron chi connectivity index (χ3n) is 4.42. The second-order valence-corrected chi connectivity index (χ2v) is 13.5. The molecule has 1 aromatic rings. The zero-order chi connectivity index (χ0) is 19.1. The van der Waals surface area contributed by atoms with Crippen LogP contribution in [0.5, 0.6) is 0 Å². The van der Waals surface area contributed by atoms with Crippen LogP contribution in [0.1, 0.15) is 33.3 Å². The Kier molecular flexibility index (Phi) is 8.45. The van der Waals surface area contributed by atoms with Crippen LogP contribution in [0.2, 0.25) is 18.1 Å². The van der Waals surface area contributed by atoms with Crippen molar-refractivity contribution in [1.82, 2.24) is 0 Å². The molecule has 0 bridgehead atoms. The van der Waals surface area contributed by atoms with Gasteiger partial charge in [0.15, 0.2) is 8.32 Å². The van der Waals surface area contributed by atoms with E-state index in [1.165, 1.54) is 16.5 Å². The number of benzene rings is 1. The van der Waals surface area contributed by atoms with Crippen molar-refractivity contribution in [3.63, 3.8) is 0 Å². The lowest BCUT2D eigenvalue weighted by molar-refractivity contribution is -0.137. The topological polar surface area (TPSA) is 35.5 Å². The van der Waals surface area contributed by atoms with Crippen molar-refractivity contribution in [2.45, 2.75) is 63.8 Å². The number of hydrogen-bond donors (Lipinski definition) is 0. The number of esters is 1. The summed E-state index contributed by atoms with van der Waals surface area (Å²) in [6.07, 6.45) is 3.23. The van der Waals surface area contributed by atoms with E-state index in [-0.39, 0.29) is 17.1 Å². The fourth-order valence-electron chi connectivity index (χ4n) is 1.87. The van der Waals surface area contributed by atoms with Gasteiger partial charge in [-0.25, -0.2) is 4.79 Å². The van der Waals surface area contributed by atoms with Crippen molar-refractivity contribution in [3.8, 4) is 0 Å². The van der Waals surface area contributed by atoms with Gasteiger partial charge in [0.25, 0.3) is 0 Å². The van der Waals surface area contributed by atoms with E-state index in [1.807, 2.05) is 13.0 Å². The monoisotopic (exact) mass is 380 g/mol. The van der Waals surface area contributed by atoms with E-state index in [4.69, 9.17) is 9.16 Å². The Bertz CT molecular complexity index is 574. The summed E-state index contributed by atoms with van der Waals surface area (Å²) in [5.41, 5.74) is 1.25. The Morgan fingerprint density at radius 2 is 1.84 bits per heavy atom. The van der Waals surface area contributed by atoms with Gasteiger partial charge in [0, 0.05) is 16.7 Å². The first-order chi connectivity index (χ1) is 11.5. The molecule has 25 heavy (non-hydrogen) atoms. The van der Waals surface area contributed by atoms with Crippen molar-refractivity contribution in [2.24, 2.45) is 0 Å². The summed E-state index contributed by atoms with van der Waals surface area (Å²) in [5, 5.41) is 0.123. The van der Waals surface area contributed by atoms with Crippen LogP contribution in [0.4, 0.5) is 0 Å². The third kappa shape index (κ3) is 7.80. The summed E-state index contributed by atoms with van der Waals surface area (Å²) >= 11 is 1.75. The molecule has 0 aliphatic carbocycles. The van der Waals surface area contributed by atoms with Gasteiger partial charge in [-0.15, -0.1) is 11.8 Å². The molecule has 0 unspecified atom stereocenters. The van der Waals surface area contributed by atoms with Gasteiger partial charge in [-0.05, 0) is 50.2 Å². The van der Waals surface area contributed by atoms with Crippen LogP contribution in [0.3, 0.4) is 0 Å². The first-order valence-electron chi connectivity index (χ1n) is 8.77. The number of carbonyl (C=O) groups excluding carboxylic acids is 1. The zero-order valence-electron chi connectivity index (χ0n) is 16.6. The van der Waals surface area contributed by atoms with E-state index in [0.29, 0.717) is 6.61 Å². The molecule has 0 fully saturated rings. The van der Waals surface area contributed by atoms with Crippen molar-refractivity contribution >= 4 is 26.0 Å². The van der Waals surface area contributed by atoms with E-state index in [9.17, 15) is 4.79 Å². The Morgan fingerprint density at radius 3 is 2.36 bits per heavy atom. The molecule has 0 aliphatic rings. The standard InChI is InChI=1S/C20H32O3SSi/c1-8-22-19(21)14-11-17(23-25(6,7)20(3,4)5)15-24-18-12-9-16(2)10-13-18/h9-14,17H,8,15H2,1-7H3/b14-11+/t17-/m0/s1. The number of carbonyl (C=O) groups is 1. The maximum atomic E-state index is 11.7. The molecule has 0 radical (unpaired) electrons. The predicted molar refractivity (Wildman–Crippen MR) is 110 cm³/mol. The minimum Gasteiger partial charge on any atom is -0.463 e. The molecule has 1 atom stereocenters. The fourth-order valence-corrected chi connectivity index (χ4v) is 4.13. The second kappa shape index (κ2) is 9.60. The summed E-state index contributed by atoms with van der Waals surface area (Å²) in [6.45, 7) is 15.4. The average molecular weight is 381 g/mol. The van der Waals surface area contributed by atoms with Gasteiger partial charge in [-0.1, -0.05) is 38.5 Å². The molecule has 0 saturated heterocycles. The normalized spacial score (nSPS) is 13.9. The van der Waals surface area contributed by atoms with Crippen molar-refractivity contribution < 1.29 is 14.0 Å². The molecule has 1 rings (SSSR count). The number of hydrogen-bond acceptors (Lipinski definition) is 4. The highest BCUT2D eigenvalue weighted by Gasteiger charge is 2.38. The molecular formula is C20H32O3SSi. The molecule has 0 spiro atoms. The van der Waals surface area contributed by atoms with E-state index in [2.05, 4.69) is 65.1 Å². The van der Waals surface area contributed by atoms with Crippen molar-refractivity contribution in [3.05, 3.63) is 42.0 Å². The van der Waals surface area contributed by atoms with Crippen LogP contribution in [0.15, 0.2) is 41.3 Å². The van der Waals surface area contributed by atoms with Gasteiger partial charge in [-0.3, -0.25) is 0 Å². The largest absolute Gasteiger partial charge is 0.463 e. The number of aryl methyl sites for hydroxylation is 1. The highest BCUT2D eigenvalue weighted by Crippen LogP contribution is 2.38. The van der Waals surface area contributed by atoms with Crippen molar-refractivity contribution in [2.75, 3.05) is 12.4 Å². The summed E-state index contributed by atoms with van der Waals surface area (Å²) in [7, 11) is -1.92. The van der Waals surface area contributed by atoms with Crippen LogP contribution < -0.4 is 0 Å². The highest BCUT2D eigenvalue weighted by molar-refractivity contribution is 7.99. The minimum absolute atomic E-state index is 0.114. The van der Waals surface area contributed by atoms with E-state index in [0.717, 1.165) is 5.75 Å². The zero-order valence-corrected chi connectivity index (χ0v) is 18.4. The van der Waals surface area contributed by atoms with Gasteiger partial charge in [0.05, 0.1) is 12.7 Å². The molecular weight excluding hydrogens is 348 g/mol. The second-order valence-electron chi connectivity index (χ2n) is 7.65. The lowest BCUT2D eigenvalue weighted by Crippen LogP contribution is -2.44. The van der Waals surface area contributed by atoms with Gasteiger partial charge in [-0.2, -0.15) is 0 Å². The van der Waals surface area contributed by atoms with Gasteiger partial charge < -0.3 is 9.16 Å². The Hall–Kier alpha value is -1.04. The molecule has 0 saturated carbocycles. The van der Waals surface area contributed by atoms with Crippen LogP contribution in [0.25, 0.3) is 0 Å². The molecule has 140 valence electrons. The summed E-state index contributed by atoms with van der Waals surface area (Å²) in [4.78, 5) is 12.9. The molecule has 0 aliphatic heterocycles. The quantitative estimate of drug-likeness (QED) is 0.255. The highest BCUT2D eigenvalue weighted by atomic mass is 32.2. The van der Waals surface area contributed by atoms with E-state index in [1.54, 1.807) is 11.8 Å². The lowest BCUT2D eigenvalue weighted by Gasteiger charge is -2.38. The third-order valence-corrected chi connectivity index (χ3v) is 10.0. The maximum absolute atomic E-state index is 11.7. The van der Waals surface area contributed by atoms with Crippen LogP contribution in [-0.4, -0.2) is 32.8 Å². The number of ether oxygens (including phenoxy) is 1. The summed E-state index contributed by atoms with van der Waals surface area (Å²) in [5.74, 6) is 0.456. The van der Waals surface area contributed by atoms with Gasteiger partial charge >= 0.3 is 5.97 Å². The Morgan fingerprint density at radius 1 is 1.24 bits per heavy atom. The Labute approximate surface area is 158 Å². The van der Waals surface area contributed by atoms with Gasteiger partial charge in [0.1, 0.15) is 0 Å². The molecule has 0 amide bonds. The summed E-state index contributed by atoms with van der Waals surface area (Å²) < 4.78 is 11.5. The molecule has 0 N–H and O–H groups in total. The first kappa shape index (κ1) is 22.0. The maximum Gasteiger partial charge on any atom is 0.330 e. The number of thioether (sulfide) groups is 1. The van der Waals surface area contributed by atoms with Crippen molar-refractivity contribution in [1.29, 1.82) is 0 Å². The van der Waals surface area contributed by atoms with Gasteiger partial charge in [0.2, 0.25) is 0 Å². The summed E-state index contributed by atoms with van der Waals surface area (Å²) in [6, 6.07) is 8.47. The van der Waals surface area contributed by atoms with Crippen LogP contribution in [-0.2, 0) is 14.0 Å². The van der Waals surface area contributed by atoms with Crippen LogP contribution in [0, 0.1) is 6.92 Å². The Balaban J connectivity index is 2.83. The molecule has 0 heterocycles. The van der Waals surface area contributed by atoms with Crippen LogP contribution >= 0.6 is 11.8 Å². The van der Waals surface area contributed by atoms with E-state index >= 15 is 0 Å². The molecule has 5 heteroatoms. The smallest absolute Gasteiger partial charge is 0.330 e. The molecule has 0 aromatic heterocycles. The first-order valence-corrected chi connectivity index (χ1v) is 12.7. The van der Waals surface area contributed by atoms with E-state index < -0.39 is 8.32 Å².